The van der Waals surface area contributed by atoms with Crippen LogP contribution >= 0.6 is 0 Å². The second-order valence-electron chi connectivity index (χ2n) is 4.16. The maximum Gasteiger partial charge on any atom is 0.241 e. The fourth-order valence-electron chi connectivity index (χ4n) is 1.78. The van der Waals surface area contributed by atoms with E-state index in [2.05, 4.69) is 17.6 Å². The van der Waals surface area contributed by atoms with E-state index in [4.69, 9.17) is 0 Å². The number of piperazine rings is 1. The van der Waals surface area contributed by atoms with Crippen LogP contribution in [0.25, 0.3) is 0 Å². The van der Waals surface area contributed by atoms with E-state index in [9.17, 15) is 4.79 Å². The summed E-state index contributed by atoms with van der Waals surface area (Å²) in [5.41, 5.74) is 2.24. The Morgan fingerprint density at radius 3 is 2.60 bits per heavy atom. The van der Waals surface area contributed by atoms with Crippen molar-refractivity contribution in [2.45, 2.75) is 25.9 Å². The molecule has 1 aromatic carbocycles. The Kier molecular flexibility index (Phi) is 2.73. The number of hydrogen-bond acceptors (Lipinski definition) is 2. The van der Waals surface area contributed by atoms with E-state index in [0.717, 1.165) is 5.56 Å². The van der Waals surface area contributed by atoms with Gasteiger partial charge in [-0.15, -0.1) is 0 Å². The smallest absolute Gasteiger partial charge is 0.241 e. The van der Waals surface area contributed by atoms with Gasteiger partial charge in [-0.3, -0.25) is 10.1 Å². The standard InChI is InChI=1S/C12H16N2O/c1-8-3-5-10(6-4-8)11-12(15)13-7-9(2)14-11/h3-6,9,11,14H,7H2,1-2H3,(H,13,15). The van der Waals surface area contributed by atoms with Gasteiger partial charge in [-0.2, -0.15) is 0 Å². The van der Waals surface area contributed by atoms with Crippen LogP contribution in [0.5, 0.6) is 0 Å². The summed E-state index contributed by atoms with van der Waals surface area (Å²) in [6.07, 6.45) is 0. The van der Waals surface area contributed by atoms with Crippen LogP contribution in [0.3, 0.4) is 0 Å². The number of rotatable bonds is 1. The lowest BCUT2D eigenvalue weighted by Crippen LogP contribution is -2.52. The van der Waals surface area contributed by atoms with Crippen molar-refractivity contribution in [2.24, 2.45) is 0 Å². The van der Waals surface area contributed by atoms with Gasteiger partial charge in [-0.25, -0.2) is 0 Å². The van der Waals surface area contributed by atoms with E-state index in [1.54, 1.807) is 0 Å². The second kappa shape index (κ2) is 4.03. The molecule has 80 valence electrons. The molecular formula is C12H16N2O. The van der Waals surface area contributed by atoms with Crippen molar-refractivity contribution >= 4 is 5.91 Å². The van der Waals surface area contributed by atoms with Gasteiger partial charge in [0.1, 0.15) is 6.04 Å². The minimum absolute atomic E-state index is 0.0666. The van der Waals surface area contributed by atoms with Gasteiger partial charge in [0.25, 0.3) is 0 Å². The third kappa shape index (κ3) is 2.18. The van der Waals surface area contributed by atoms with E-state index >= 15 is 0 Å². The first kappa shape index (κ1) is 10.2. The van der Waals surface area contributed by atoms with Gasteiger partial charge in [0.05, 0.1) is 0 Å². The van der Waals surface area contributed by atoms with Crippen LogP contribution in [0.15, 0.2) is 24.3 Å². The zero-order valence-corrected chi connectivity index (χ0v) is 9.08. The number of amides is 1. The van der Waals surface area contributed by atoms with Gasteiger partial charge < -0.3 is 5.32 Å². The molecule has 0 saturated carbocycles. The highest BCUT2D eigenvalue weighted by Crippen LogP contribution is 2.16. The van der Waals surface area contributed by atoms with Crippen LogP contribution < -0.4 is 10.6 Å². The van der Waals surface area contributed by atoms with E-state index in [1.165, 1.54) is 5.56 Å². The molecule has 0 aliphatic carbocycles. The first-order valence-electron chi connectivity index (χ1n) is 5.27. The molecule has 0 spiro atoms. The molecule has 3 nitrogen and oxygen atoms in total. The highest BCUT2D eigenvalue weighted by atomic mass is 16.2. The third-order valence-electron chi connectivity index (χ3n) is 2.71. The van der Waals surface area contributed by atoms with E-state index < -0.39 is 0 Å². The topological polar surface area (TPSA) is 41.1 Å². The summed E-state index contributed by atoms with van der Waals surface area (Å²) in [5.74, 6) is 0.0666. The van der Waals surface area contributed by atoms with Crippen LogP contribution in [0.1, 0.15) is 24.1 Å². The van der Waals surface area contributed by atoms with Crippen molar-refractivity contribution < 1.29 is 4.79 Å². The molecule has 1 aliphatic heterocycles. The quantitative estimate of drug-likeness (QED) is 0.720. The fraction of sp³-hybridized carbons (Fsp3) is 0.417. The van der Waals surface area contributed by atoms with Crippen molar-refractivity contribution in [1.82, 2.24) is 10.6 Å². The monoisotopic (exact) mass is 204 g/mol. The number of hydrogen-bond donors (Lipinski definition) is 2. The number of nitrogens with one attached hydrogen (secondary N) is 2. The Morgan fingerprint density at radius 2 is 1.93 bits per heavy atom. The molecule has 0 radical (unpaired) electrons. The highest BCUT2D eigenvalue weighted by Gasteiger charge is 2.26. The summed E-state index contributed by atoms with van der Waals surface area (Å²) in [6.45, 7) is 4.82. The summed E-state index contributed by atoms with van der Waals surface area (Å²) in [6, 6.07) is 8.20. The van der Waals surface area contributed by atoms with Crippen LogP contribution in [0.2, 0.25) is 0 Å². The molecule has 2 rings (SSSR count). The Labute approximate surface area is 89.9 Å². The molecule has 1 aliphatic rings. The van der Waals surface area contributed by atoms with Gasteiger partial charge in [0.15, 0.2) is 0 Å². The first-order valence-corrected chi connectivity index (χ1v) is 5.27. The molecule has 0 bridgehead atoms. The molecule has 15 heavy (non-hydrogen) atoms. The van der Waals surface area contributed by atoms with Crippen LogP contribution in [-0.2, 0) is 4.79 Å². The third-order valence-corrected chi connectivity index (χ3v) is 2.71. The second-order valence-corrected chi connectivity index (χ2v) is 4.16. The first-order chi connectivity index (χ1) is 7.16. The average molecular weight is 204 g/mol. The molecular weight excluding hydrogens is 188 g/mol. The molecule has 1 fully saturated rings. The van der Waals surface area contributed by atoms with Crippen molar-refractivity contribution in [3.8, 4) is 0 Å². The maximum atomic E-state index is 11.7. The zero-order chi connectivity index (χ0) is 10.8. The Bertz CT molecular complexity index is 358. The zero-order valence-electron chi connectivity index (χ0n) is 9.08. The minimum Gasteiger partial charge on any atom is -0.353 e. The van der Waals surface area contributed by atoms with Gasteiger partial charge in [-0.1, -0.05) is 29.8 Å². The SMILES string of the molecule is Cc1ccc(C2NC(C)CNC2=O)cc1. The van der Waals surface area contributed by atoms with E-state index in [-0.39, 0.29) is 11.9 Å². The van der Waals surface area contributed by atoms with Gasteiger partial charge >= 0.3 is 0 Å². The molecule has 1 heterocycles. The molecule has 2 N–H and O–H groups in total. The van der Waals surface area contributed by atoms with Crippen LogP contribution in [-0.4, -0.2) is 18.5 Å². The lowest BCUT2D eigenvalue weighted by molar-refractivity contribution is -0.125. The number of aryl methyl sites for hydroxylation is 1. The van der Waals surface area contributed by atoms with E-state index in [1.807, 2.05) is 31.2 Å². The summed E-state index contributed by atoms with van der Waals surface area (Å²) >= 11 is 0. The highest BCUT2D eigenvalue weighted by molar-refractivity contribution is 5.84. The summed E-state index contributed by atoms with van der Waals surface area (Å²) in [5, 5.41) is 6.18. The van der Waals surface area contributed by atoms with Gasteiger partial charge in [0.2, 0.25) is 5.91 Å². The van der Waals surface area contributed by atoms with Crippen LogP contribution in [0.4, 0.5) is 0 Å². The Morgan fingerprint density at radius 1 is 1.27 bits per heavy atom. The largest absolute Gasteiger partial charge is 0.353 e. The van der Waals surface area contributed by atoms with Gasteiger partial charge in [0, 0.05) is 12.6 Å². The predicted molar refractivity (Wildman–Crippen MR) is 59.5 cm³/mol. The normalized spacial score (nSPS) is 26.1. The molecule has 1 saturated heterocycles. The molecule has 1 aromatic rings. The van der Waals surface area contributed by atoms with Crippen molar-refractivity contribution in [3.63, 3.8) is 0 Å². The van der Waals surface area contributed by atoms with Crippen molar-refractivity contribution in [2.75, 3.05) is 6.54 Å². The molecule has 2 unspecified atom stereocenters. The van der Waals surface area contributed by atoms with Crippen molar-refractivity contribution in [3.05, 3.63) is 35.4 Å². The number of carbonyl (C=O) groups is 1. The number of carbonyl (C=O) groups excluding carboxylic acids is 1. The molecule has 1 amide bonds. The lowest BCUT2D eigenvalue weighted by Gasteiger charge is -2.28. The summed E-state index contributed by atoms with van der Waals surface area (Å²) < 4.78 is 0. The Balaban J connectivity index is 2.21. The minimum atomic E-state index is -0.200. The maximum absolute atomic E-state index is 11.7. The predicted octanol–water partition coefficient (Wildman–Crippen LogP) is 1.14. The van der Waals surface area contributed by atoms with Crippen molar-refractivity contribution in [1.29, 1.82) is 0 Å². The Hall–Kier alpha value is -1.35. The summed E-state index contributed by atoms with van der Waals surface area (Å²) in [4.78, 5) is 11.7. The van der Waals surface area contributed by atoms with Gasteiger partial charge in [-0.05, 0) is 19.4 Å². The summed E-state index contributed by atoms with van der Waals surface area (Å²) in [7, 11) is 0. The number of benzene rings is 1. The fourth-order valence-corrected chi connectivity index (χ4v) is 1.78. The molecule has 2 atom stereocenters. The molecule has 3 heteroatoms. The average Bonchev–Trinajstić information content (AvgIpc) is 2.23. The lowest BCUT2D eigenvalue weighted by atomic mass is 10.0. The van der Waals surface area contributed by atoms with Crippen LogP contribution in [0, 0.1) is 6.92 Å². The van der Waals surface area contributed by atoms with E-state index in [0.29, 0.717) is 12.6 Å². The molecule has 0 aromatic heterocycles.